The maximum absolute atomic E-state index is 11.8. The number of pyridine rings is 1. The predicted molar refractivity (Wildman–Crippen MR) is 93.3 cm³/mol. The van der Waals surface area contributed by atoms with Gasteiger partial charge in [-0.2, -0.15) is 0 Å². The second-order valence-corrected chi connectivity index (χ2v) is 6.51. The number of H-pyrrole nitrogens is 1. The van der Waals surface area contributed by atoms with Gasteiger partial charge in [-0.3, -0.25) is 14.7 Å². The van der Waals surface area contributed by atoms with E-state index < -0.39 is 12.0 Å². The molecule has 0 bridgehead atoms. The van der Waals surface area contributed by atoms with E-state index >= 15 is 0 Å². The van der Waals surface area contributed by atoms with E-state index in [0.717, 1.165) is 27.9 Å². The molecule has 0 spiro atoms. The standard InChI is InChI=1S/C19H19N3O3/c1-11-6-7-18(23)16(20-11)10-22-9-15-13(8-17(22)19(24)25)12-4-2-3-5-14(12)21-15/h2-7,17,21,23H,8-10H2,1H3,(H,24,25)/t17-/m0/s1. The smallest absolute Gasteiger partial charge is 0.321 e. The van der Waals surface area contributed by atoms with Crippen LogP contribution in [0.15, 0.2) is 36.4 Å². The number of hydrogen-bond donors (Lipinski definition) is 3. The van der Waals surface area contributed by atoms with Crippen LogP contribution in [0.4, 0.5) is 0 Å². The molecule has 0 amide bonds. The topological polar surface area (TPSA) is 89.5 Å². The SMILES string of the molecule is Cc1ccc(O)c(CN2Cc3[nH]c4ccccc4c3C[C@H]2C(=O)O)n1. The molecular weight excluding hydrogens is 318 g/mol. The maximum Gasteiger partial charge on any atom is 0.321 e. The van der Waals surface area contributed by atoms with Crippen LogP contribution < -0.4 is 0 Å². The van der Waals surface area contributed by atoms with Crippen molar-refractivity contribution >= 4 is 16.9 Å². The molecule has 3 N–H and O–H groups in total. The van der Waals surface area contributed by atoms with Crippen molar-refractivity contribution in [2.75, 3.05) is 0 Å². The number of carboxylic acid groups (broad SMARTS) is 1. The molecule has 128 valence electrons. The van der Waals surface area contributed by atoms with Crippen LogP contribution in [0.5, 0.6) is 5.75 Å². The largest absolute Gasteiger partial charge is 0.506 e. The number of aromatic hydroxyl groups is 1. The van der Waals surface area contributed by atoms with E-state index in [1.807, 2.05) is 36.1 Å². The van der Waals surface area contributed by atoms with E-state index in [0.29, 0.717) is 25.2 Å². The number of hydrogen-bond acceptors (Lipinski definition) is 4. The summed E-state index contributed by atoms with van der Waals surface area (Å²) in [5, 5.41) is 20.8. The molecule has 0 aliphatic carbocycles. The number of carboxylic acids is 1. The number of aromatic nitrogens is 2. The van der Waals surface area contributed by atoms with Gasteiger partial charge in [-0.1, -0.05) is 18.2 Å². The van der Waals surface area contributed by atoms with Crippen molar-refractivity contribution in [3.8, 4) is 5.75 Å². The first-order chi connectivity index (χ1) is 12.0. The van der Waals surface area contributed by atoms with Crippen molar-refractivity contribution in [1.82, 2.24) is 14.9 Å². The van der Waals surface area contributed by atoms with Gasteiger partial charge in [-0.15, -0.1) is 0 Å². The van der Waals surface area contributed by atoms with Gasteiger partial charge in [-0.05, 0) is 30.7 Å². The van der Waals surface area contributed by atoms with Crippen LogP contribution in [0.2, 0.25) is 0 Å². The number of carbonyl (C=O) groups is 1. The van der Waals surface area contributed by atoms with Gasteiger partial charge < -0.3 is 15.2 Å². The van der Waals surface area contributed by atoms with E-state index in [-0.39, 0.29) is 5.75 Å². The minimum absolute atomic E-state index is 0.0946. The van der Waals surface area contributed by atoms with Crippen LogP contribution in [-0.2, 0) is 24.3 Å². The molecule has 2 aromatic heterocycles. The fraction of sp³-hybridized carbons (Fsp3) is 0.263. The molecule has 6 heteroatoms. The van der Waals surface area contributed by atoms with Crippen LogP contribution in [0.1, 0.15) is 22.6 Å². The zero-order valence-electron chi connectivity index (χ0n) is 13.9. The monoisotopic (exact) mass is 337 g/mol. The summed E-state index contributed by atoms with van der Waals surface area (Å²) in [6.45, 7) is 2.62. The lowest BCUT2D eigenvalue weighted by Gasteiger charge is -2.32. The lowest BCUT2D eigenvalue weighted by molar-refractivity contribution is -0.144. The summed E-state index contributed by atoms with van der Waals surface area (Å²) >= 11 is 0. The van der Waals surface area contributed by atoms with Gasteiger partial charge in [-0.25, -0.2) is 0 Å². The molecule has 1 atom stereocenters. The van der Waals surface area contributed by atoms with E-state index in [1.165, 1.54) is 0 Å². The third-order valence-corrected chi connectivity index (χ3v) is 4.83. The molecule has 1 aliphatic rings. The van der Waals surface area contributed by atoms with Crippen LogP contribution in [0.25, 0.3) is 10.9 Å². The van der Waals surface area contributed by atoms with E-state index in [1.54, 1.807) is 12.1 Å². The van der Waals surface area contributed by atoms with Crippen LogP contribution in [0.3, 0.4) is 0 Å². The predicted octanol–water partition coefficient (Wildman–Crippen LogP) is 2.59. The summed E-state index contributed by atoms with van der Waals surface area (Å²) < 4.78 is 0. The van der Waals surface area contributed by atoms with Gasteiger partial charge in [0.05, 0.1) is 5.69 Å². The number of benzene rings is 1. The average molecular weight is 337 g/mol. The molecule has 0 saturated carbocycles. The summed E-state index contributed by atoms with van der Waals surface area (Å²) in [4.78, 5) is 21.5. The first-order valence-corrected chi connectivity index (χ1v) is 8.23. The summed E-state index contributed by atoms with van der Waals surface area (Å²) in [6.07, 6.45) is 0.432. The van der Waals surface area contributed by atoms with Crippen LogP contribution in [-0.4, -0.2) is 37.1 Å². The zero-order valence-corrected chi connectivity index (χ0v) is 13.9. The van der Waals surface area contributed by atoms with Gasteiger partial charge in [0, 0.05) is 41.8 Å². The van der Waals surface area contributed by atoms with Gasteiger partial charge >= 0.3 is 5.97 Å². The van der Waals surface area contributed by atoms with Crippen molar-refractivity contribution in [3.63, 3.8) is 0 Å². The van der Waals surface area contributed by atoms with Gasteiger partial charge in [0.1, 0.15) is 11.8 Å². The highest BCUT2D eigenvalue weighted by Gasteiger charge is 2.34. The molecule has 0 fully saturated rings. The molecule has 1 aromatic carbocycles. The van der Waals surface area contributed by atoms with Crippen molar-refractivity contribution in [1.29, 1.82) is 0 Å². The molecule has 1 aliphatic heterocycles. The first kappa shape index (κ1) is 15.7. The molecule has 3 heterocycles. The highest BCUT2D eigenvalue weighted by atomic mass is 16.4. The molecule has 0 saturated heterocycles. The van der Waals surface area contributed by atoms with Crippen molar-refractivity contribution in [2.45, 2.75) is 32.5 Å². The first-order valence-electron chi connectivity index (χ1n) is 8.23. The second-order valence-electron chi connectivity index (χ2n) is 6.51. The Balaban J connectivity index is 1.72. The normalized spacial score (nSPS) is 17.6. The molecule has 3 aromatic rings. The quantitative estimate of drug-likeness (QED) is 0.683. The number of aromatic amines is 1. The Morgan fingerprint density at radius 2 is 2.12 bits per heavy atom. The van der Waals surface area contributed by atoms with E-state index in [9.17, 15) is 15.0 Å². The Bertz CT molecular complexity index is 964. The average Bonchev–Trinajstić information content (AvgIpc) is 2.94. The zero-order chi connectivity index (χ0) is 17.6. The fourth-order valence-corrected chi connectivity index (χ4v) is 3.58. The van der Waals surface area contributed by atoms with Gasteiger partial charge in [0.25, 0.3) is 0 Å². The molecule has 4 rings (SSSR count). The third kappa shape index (κ3) is 2.74. The van der Waals surface area contributed by atoms with E-state index in [4.69, 9.17) is 0 Å². The Kier molecular flexibility index (Phi) is 3.69. The Hall–Kier alpha value is -2.86. The second kappa shape index (κ2) is 5.89. The highest BCUT2D eigenvalue weighted by molar-refractivity contribution is 5.86. The number of nitrogens with one attached hydrogen (secondary N) is 1. The lowest BCUT2D eigenvalue weighted by atomic mass is 9.96. The Morgan fingerprint density at radius 1 is 1.32 bits per heavy atom. The molecule has 0 unspecified atom stereocenters. The van der Waals surface area contributed by atoms with Crippen molar-refractivity contribution in [2.24, 2.45) is 0 Å². The molecule has 0 radical (unpaired) electrons. The number of para-hydroxylation sites is 1. The lowest BCUT2D eigenvalue weighted by Crippen LogP contribution is -2.45. The number of nitrogens with zero attached hydrogens (tertiary/aromatic N) is 2. The number of aliphatic carboxylic acids is 1. The molecule has 25 heavy (non-hydrogen) atoms. The van der Waals surface area contributed by atoms with Crippen molar-refractivity contribution in [3.05, 3.63) is 59.0 Å². The number of rotatable bonds is 3. The summed E-state index contributed by atoms with van der Waals surface area (Å²) in [5.41, 5.74) is 4.43. The summed E-state index contributed by atoms with van der Waals surface area (Å²) in [6, 6.07) is 10.6. The Morgan fingerprint density at radius 3 is 2.92 bits per heavy atom. The van der Waals surface area contributed by atoms with E-state index in [2.05, 4.69) is 9.97 Å². The number of fused-ring (bicyclic) bond motifs is 3. The minimum atomic E-state index is -0.858. The molecule has 6 nitrogen and oxygen atoms in total. The third-order valence-electron chi connectivity index (χ3n) is 4.83. The Labute approximate surface area is 144 Å². The molecular formula is C19H19N3O3. The minimum Gasteiger partial charge on any atom is -0.506 e. The van der Waals surface area contributed by atoms with Crippen LogP contribution >= 0.6 is 0 Å². The fourth-order valence-electron chi connectivity index (χ4n) is 3.58. The van der Waals surface area contributed by atoms with Gasteiger partial charge in [0.2, 0.25) is 0 Å². The van der Waals surface area contributed by atoms with Crippen LogP contribution in [0, 0.1) is 6.92 Å². The maximum atomic E-state index is 11.8. The van der Waals surface area contributed by atoms with Gasteiger partial charge in [0.15, 0.2) is 0 Å². The van der Waals surface area contributed by atoms with Crippen molar-refractivity contribution < 1.29 is 15.0 Å². The summed E-state index contributed by atoms with van der Waals surface area (Å²) in [7, 11) is 0. The highest BCUT2D eigenvalue weighted by Crippen LogP contribution is 2.31. The summed E-state index contributed by atoms with van der Waals surface area (Å²) in [5.74, 6) is -0.764. The number of aryl methyl sites for hydroxylation is 1.